The summed E-state index contributed by atoms with van der Waals surface area (Å²) in [6.45, 7) is 1.88. The third kappa shape index (κ3) is 2.26. The van der Waals surface area contributed by atoms with Gasteiger partial charge in [-0.25, -0.2) is 0 Å². The molecule has 0 unspecified atom stereocenters. The summed E-state index contributed by atoms with van der Waals surface area (Å²) in [6, 6.07) is 4.38. The van der Waals surface area contributed by atoms with Crippen LogP contribution in [0, 0.1) is 10.1 Å². The first kappa shape index (κ1) is 11.5. The van der Waals surface area contributed by atoms with Gasteiger partial charge in [0, 0.05) is 18.1 Å². The van der Waals surface area contributed by atoms with E-state index in [4.69, 9.17) is 16.1 Å². The Labute approximate surface area is 101 Å². The number of aryl methyl sites for hydroxylation is 1. The second-order valence-electron chi connectivity index (χ2n) is 3.29. The minimum Gasteiger partial charge on any atom is -0.339 e. The number of nitro groups is 1. The van der Waals surface area contributed by atoms with Gasteiger partial charge >= 0.3 is 0 Å². The molecule has 0 radical (unpaired) electrons. The molecule has 0 atom stereocenters. The molecule has 0 saturated heterocycles. The Morgan fingerprint density at radius 3 is 2.88 bits per heavy atom. The molecule has 0 saturated carbocycles. The van der Waals surface area contributed by atoms with Gasteiger partial charge in [0.05, 0.1) is 4.92 Å². The van der Waals surface area contributed by atoms with Crippen molar-refractivity contribution in [1.82, 2.24) is 10.1 Å². The highest BCUT2D eigenvalue weighted by Crippen LogP contribution is 2.28. The van der Waals surface area contributed by atoms with Crippen LogP contribution in [0.4, 0.5) is 5.69 Å². The number of halogens is 1. The van der Waals surface area contributed by atoms with Gasteiger partial charge in [-0.05, 0) is 12.1 Å². The Morgan fingerprint density at radius 2 is 2.29 bits per heavy atom. The Hall–Kier alpha value is -1.95. The zero-order valence-corrected chi connectivity index (χ0v) is 9.64. The maximum atomic E-state index is 10.7. The quantitative estimate of drug-likeness (QED) is 0.620. The second-order valence-corrected chi connectivity index (χ2v) is 3.70. The molecular weight excluding hydrogens is 246 g/mol. The molecule has 0 spiro atoms. The second kappa shape index (κ2) is 4.50. The Morgan fingerprint density at radius 1 is 1.53 bits per heavy atom. The molecular formula is C10H8ClN3O3. The van der Waals surface area contributed by atoms with E-state index in [9.17, 15) is 10.1 Å². The molecule has 0 aliphatic rings. The molecule has 0 aliphatic heterocycles. The normalized spacial score (nSPS) is 10.5. The van der Waals surface area contributed by atoms with Crippen molar-refractivity contribution >= 4 is 17.3 Å². The summed E-state index contributed by atoms with van der Waals surface area (Å²) in [7, 11) is 0. The third-order valence-corrected chi connectivity index (χ3v) is 2.49. The van der Waals surface area contributed by atoms with Gasteiger partial charge in [-0.1, -0.05) is 23.7 Å². The van der Waals surface area contributed by atoms with Gasteiger partial charge in [0.25, 0.3) is 5.69 Å². The van der Waals surface area contributed by atoms with Crippen molar-refractivity contribution in [3.8, 4) is 11.4 Å². The maximum absolute atomic E-state index is 10.7. The number of aromatic nitrogens is 2. The number of nitro benzene ring substituents is 1. The maximum Gasteiger partial charge on any atom is 0.288 e. The largest absolute Gasteiger partial charge is 0.339 e. The molecule has 0 fully saturated rings. The van der Waals surface area contributed by atoms with E-state index in [2.05, 4.69) is 10.1 Å². The summed E-state index contributed by atoms with van der Waals surface area (Å²) in [5.74, 6) is 0.805. The lowest BCUT2D eigenvalue weighted by Crippen LogP contribution is -1.90. The number of nitrogens with zero attached hydrogens (tertiary/aromatic N) is 3. The van der Waals surface area contributed by atoms with Gasteiger partial charge in [0.1, 0.15) is 5.02 Å². The van der Waals surface area contributed by atoms with Crippen LogP contribution in [0.15, 0.2) is 22.7 Å². The molecule has 1 aromatic heterocycles. The monoisotopic (exact) mass is 253 g/mol. The lowest BCUT2D eigenvalue weighted by atomic mass is 10.2. The molecule has 2 rings (SSSR count). The fraction of sp³-hybridized carbons (Fsp3) is 0.200. The van der Waals surface area contributed by atoms with Crippen LogP contribution in [0.2, 0.25) is 5.02 Å². The van der Waals surface area contributed by atoms with Crippen molar-refractivity contribution in [3.05, 3.63) is 39.2 Å². The Balaban J connectivity index is 2.46. The molecule has 0 amide bonds. The Kier molecular flexibility index (Phi) is 3.06. The van der Waals surface area contributed by atoms with Crippen LogP contribution >= 0.6 is 11.6 Å². The van der Waals surface area contributed by atoms with Crippen LogP contribution in [0.1, 0.15) is 12.8 Å². The predicted molar refractivity (Wildman–Crippen MR) is 60.8 cm³/mol. The summed E-state index contributed by atoms with van der Waals surface area (Å²) >= 11 is 5.71. The Bertz CT molecular complexity index is 568. The summed E-state index contributed by atoms with van der Waals surface area (Å²) in [5.41, 5.74) is 0.330. The highest BCUT2D eigenvalue weighted by molar-refractivity contribution is 6.32. The molecule has 0 bridgehead atoms. The summed E-state index contributed by atoms with van der Waals surface area (Å²) in [5, 5.41) is 14.5. The standard InChI is InChI=1S/C10H8ClN3O3/c1-2-9-12-10(13-17-9)6-3-4-7(11)8(5-6)14(15)16/h3-5H,2H2,1H3. The molecule has 0 aliphatic carbocycles. The zero-order chi connectivity index (χ0) is 12.4. The molecule has 0 N–H and O–H groups in total. The van der Waals surface area contributed by atoms with E-state index in [0.717, 1.165) is 0 Å². The van der Waals surface area contributed by atoms with Gasteiger partial charge in [-0.3, -0.25) is 10.1 Å². The van der Waals surface area contributed by atoms with E-state index in [1.54, 1.807) is 6.07 Å². The van der Waals surface area contributed by atoms with E-state index < -0.39 is 4.92 Å². The fourth-order valence-electron chi connectivity index (χ4n) is 1.31. The lowest BCUT2D eigenvalue weighted by molar-refractivity contribution is -0.384. The number of hydrogen-bond acceptors (Lipinski definition) is 5. The van der Waals surface area contributed by atoms with Gasteiger partial charge in [0.2, 0.25) is 11.7 Å². The summed E-state index contributed by atoms with van der Waals surface area (Å²) < 4.78 is 4.93. The zero-order valence-electron chi connectivity index (χ0n) is 8.88. The van der Waals surface area contributed by atoms with Gasteiger partial charge in [0.15, 0.2) is 0 Å². The molecule has 1 aromatic carbocycles. The first-order valence-electron chi connectivity index (χ1n) is 4.88. The van der Waals surface area contributed by atoms with E-state index in [1.165, 1.54) is 12.1 Å². The van der Waals surface area contributed by atoms with E-state index in [1.807, 2.05) is 6.92 Å². The highest BCUT2D eigenvalue weighted by atomic mass is 35.5. The minimum atomic E-state index is -0.549. The van der Waals surface area contributed by atoms with Crippen LogP contribution in [0.25, 0.3) is 11.4 Å². The van der Waals surface area contributed by atoms with Crippen LogP contribution in [0.3, 0.4) is 0 Å². The molecule has 6 nitrogen and oxygen atoms in total. The molecule has 7 heteroatoms. The SMILES string of the molecule is CCc1nc(-c2ccc(Cl)c([N+](=O)[O-])c2)no1. The van der Waals surface area contributed by atoms with E-state index >= 15 is 0 Å². The van der Waals surface area contributed by atoms with Crippen molar-refractivity contribution in [3.63, 3.8) is 0 Å². The van der Waals surface area contributed by atoms with Crippen molar-refractivity contribution < 1.29 is 9.45 Å². The van der Waals surface area contributed by atoms with E-state index in [-0.39, 0.29) is 10.7 Å². The van der Waals surface area contributed by atoms with Gasteiger partial charge in [-0.15, -0.1) is 0 Å². The molecule has 2 aromatic rings. The first-order valence-corrected chi connectivity index (χ1v) is 5.26. The van der Waals surface area contributed by atoms with E-state index in [0.29, 0.717) is 23.7 Å². The van der Waals surface area contributed by atoms with Crippen molar-refractivity contribution in [1.29, 1.82) is 0 Å². The number of benzene rings is 1. The van der Waals surface area contributed by atoms with Gasteiger partial charge in [-0.2, -0.15) is 4.98 Å². The van der Waals surface area contributed by atoms with Crippen LogP contribution in [-0.2, 0) is 6.42 Å². The average molecular weight is 254 g/mol. The number of rotatable bonds is 3. The van der Waals surface area contributed by atoms with Crippen molar-refractivity contribution in [2.45, 2.75) is 13.3 Å². The topological polar surface area (TPSA) is 82.1 Å². The van der Waals surface area contributed by atoms with Crippen molar-refractivity contribution in [2.24, 2.45) is 0 Å². The number of hydrogen-bond donors (Lipinski definition) is 0. The molecule has 88 valence electrons. The minimum absolute atomic E-state index is 0.0814. The van der Waals surface area contributed by atoms with Crippen LogP contribution < -0.4 is 0 Å². The summed E-state index contributed by atoms with van der Waals surface area (Å²) in [6.07, 6.45) is 0.614. The van der Waals surface area contributed by atoms with Crippen molar-refractivity contribution in [2.75, 3.05) is 0 Å². The lowest BCUT2D eigenvalue weighted by Gasteiger charge is -1.97. The van der Waals surface area contributed by atoms with Gasteiger partial charge < -0.3 is 4.52 Å². The summed E-state index contributed by atoms with van der Waals surface area (Å²) in [4.78, 5) is 14.3. The predicted octanol–water partition coefficient (Wildman–Crippen LogP) is 2.86. The highest BCUT2D eigenvalue weighted by Gasteiger charge is 2.16. The van der Waals surface area contributed by atoms with Crippen LogP contribution in [0.5, 0.6) is 0 Å². The fourth-order valence-corrected chi connectivity index (χ4v) is 1.49. The molecule has 1 heterocycles. The smallest absolute Gasteiger partial charge is 0.288 e. The third-order valence-electron chi connectivity index (χ3n) is 2.17. The average Bonchev–Trinajstić information content (AvgIpc) is 2.78. The molecule has 17 heavy (non-hydrogen) atoms. The first-order chi connectivity index (χ1) is 8.11. The van der Waals surface area contributed by atoms with Crippen LogP contribution in [-0.4, -0.2) is 15.1 Å².